The number of aryl methyl sites for hydroxylation is 2. The molecule has 3 saturated heterocycles. The van der Waals surface area contributed by atoms with Crippen LogP contribution in [0.15, 0.2) is 71.2 Å². The number of aliphatic carboxylic acids is 2. The molecular weight excluding hydrogens is 460 g/mol. The van der Waals surface area contributed by atoms with Crippen LogP contribution in [0.1, 0.15) is 24.0 Å². The van der Waals surface area contributed by atoms with E-state index in [-0.39, 0.29) is 0 Å². The molecule has 0 aliphatic carbocycles. The zero-order valence-electron chi connectivity index (χ0n) is 20.0. The molecule has 2 aromatic carbocycles. The highest BCUT2D eigenvalue weighted by atomic mass is 16.4. The number of hydrogen-bond donors (Lipinski definition) is 2. The minimum absolute atomic E-state index is 0.535. The maximum absolute atomic E-state index is 9.55. The molecule has 3 aliphatic heterocycles. The fraction of sp³-hybridized carbons (Fsp3) is 0.333. The van der Waals surface area contributed by atoms with Crippen molar-refractivity contribution in [3.05, 3.63) is 77.9 Å². The lowest BCUT2D eigenvalue weighted by atomic mass is 10.0. The molecule has 0 radical (unpaired) electrons. The van der Waals surface area contributed by atoms with Gasteiger partial charge < -0.3 is 24.4 Å². The molecule has 188 valence electrons. The van der Waals surface area contributed by atoms with Gasteiger partial charge in [-0.15, -0.1) is 5.10 Å². The molecule has 3 fully saturated rings. The zero-order valence-corrected chi connectivity index (χ0v) is 20.0. The van der Waals surface area contributed by atoms with Gasteiger partial charge in [-0.05, 0) is 48.9 Å². The van der Waals surface area contributed by atoms with Crippen molar-refractivity contribution in [1.82, 2.24) is 15.1 Å². The van der Waals surface area contributed by atoms with Gasteiger partial charge >= 0.3 is 18.0 Å². The van der Waals surface area contributed by atoms with Crippen molar-refractivity contribution in [1.29, 1.82) is 0 Å². The molecule has 0 atom stereocenters. The number of fused-ring (bicyclic) bond motifs is 4. The molecule has 0 saturated carbocycles. The molecule has 6 rings (SSSR count). The Kier molecular flexibility index (Phi) is 8.46. The van der Waals surface area contributed by atoms with E-state index < -0.39 is 11.9 Å². The number of aromatic nitrogens is 2. The quantitative estimate of drug-likeness (QED) is 0.479. The molecule has 0 unspecified atom stereocenters. The number of carboxylic acid groups (broad SMARTS) is 2. The number of nitrogens with zero attached hydrogens (tertiary/aromatic N) is 4. The van der Waals surface area contributed by atoms with Crippen LogP contribution < -0.4 is 4.90 Å². The van der Waals surface area contributed by atoms with Crippen molar-refractivity contribution in [2.75, 3.05) is 31.1 Å². The molecular formula is C27H30N4O5. The lowest BCUT2D eigenvalue weighted by Crippen LogP contribution is -2.38. The van der Waals surface area contributed by atoms with Crippen molar-refractivity contribution in [3.63, 3.8) is 0 Å². The summed E-state index contributed by atoms with van der Waals surface area (Å²) in [7, 11) is 0. The van der Waals surface area contributed by atoms with E-state index in [4.69, 9.17) is 14.6 Å². The maximum atomic E-state index is 9.55. The SMILES string of the molecule is O=C(O)/C=C/C(=O)O.c1ccc(CCc2ccc(-c3nnc(N4CCN5CCC4CC5)o3)cc2)cc1. The zero-order chi connectivity index (χ0) is 25.3. The third-order valence-electron chi connectivity index (χ3n) is 6.43. The first-order valence-corrected chi connectivity index (χ1v) is 12.1. The van der Waals surface area contributed by atoms with Crippen LogP contribution in [0.5, 0.6) is 0 Å². The number of hydrogen-bond acceptors (Lipinski definition) is 7. The highest BCUT2D eigenvalue weighted by Gasteiger charge is 2.31. The standard InChI is InChI=1S/C23H26N4O.C4H4O4/c1-2-4-18(5-3-1)6-7-19-8-10-20(11-9-19)22-24-25-23(28-22)27-17-16-26-14-12-21(27)13-15-26;5-3(6)1-2-4(7)8/h1-5,8-11,21H,6-7,12-17H2;1-2H,(H,5,6)(H,7,8)/b;2-1+. The summed E-state index contributed by atoms with van der Waals surface area (Å²) in [6.45, 7) is 4.44. The first-order valence-electron chi connectivity index (χ1n) is 12.1. The second kappa shape index (κ2) is 12.1. The highest BCUT2D eigenvalue weighted by Crippen LogP contribution is 2.28. The number of benzene rings is 2. The maximum Gasteiger partial charge on any atom is 0.328 e. The van der Waals surface area contributed by atoms with Gasteiger partial charge in [-0.1, -0.05) is 47.6 Å². The second-order valence-electron chi connectivity index (χ2n) is 8.85. The molecule has 0 amide bonds. The van der Waals surface area contributed by atoms with Gasteiger partial charge in [0.2, 0.25) is 5.89 Å². The number of carboxylic acids is 2. The Hall–Kier alpha value is -3.98. The van der Waals surface area contributed by atoms with E-state index in [0.29, 0.717) is 30.1 Å². The summed E-state index contributed by atoms with van der Waals surface area (Å²) in [6.07, 6.45) is 5.58. The Balaban J connectivity index is 0.000000331. The van der Waals surface area contributed by atoms with Crippen LogP contribution in [0.25, 0.3) is 11.5 Å². The van der Waals surface area contributed by atoms with E-state index in [1.165, 1.54) is 37.1 Å². The number of anilines is 1. The summed E-state index contributed by atoms with van der Waals surface area (Å²) in [5.74, 6) is -1.90. The van der Waals surface area contributed by atoms with E-state index in [0.717, 1.165) is 31.5 Å². The van der Waals surface area contributed by atoms with Gasteiger partial charge in [0.15, 0.2) is 0 Å². The molecule has 1 aromatic heterocycles. The third kappa shape index (κ3) is 7.02. The van der Waals surface area contributed by atoms with Crippen LogP contribution in [0.3, 0.4) is 0 Å². The van der Waals surface area contributed by atoms with Crippen LogP contribution in [-0.4, -0.2) is 69.5 Å². The van der Waals surface area contributed by atoms with Crippen molar-refractivity contribution in [3.8, 4) is 11.5 Å². The fourth-order valence-electron chi connectivity index (χ4n) is 4.48. The molecule has 3 aliphatic rings. The number of rotatable bonds is 7. The molecule has 36 heavy (non-hydrogen) atoms. The summed E-state index contributed by atoms with van der Waals surface area (Å²) in [5.41, 5.74) is 3.69. The summed E-state index contributed by atoms with van der Waals surface area (Å²) < 4.78 is 6.07. The summed E-state index contributed by atoms with van der Waals surface area (Å²) in [6, 6.07) is 20.4. The van der Waals surface area contributed by atoms with Gasteiger partial charge in [-0.2, -0.15) is 0 Å². The van der Waals surface area contributed by atoms with Gasteiger partial charge in [0.1, 0.15) is 0 Å². The van der Waals surface area contributed by atoms with Gasteiger partial charge in [0, 0.05) is 49.9 Å². The van der Waals surface area contributed by atoms with Gasteiger partial charge in [0.25, 0.3) is 0 Å². The summed E-state index contributed by atoms with van der Waals surface area (Å²) >= 11 is 0. The largest absolute Gasteiger partial charge is 0.478 e. The molecule has 3 aromatic rings. The minimum atomic E-state index is -1.26. The normalized spacial score (nSPS) is 18.9. The van der Waals surface area contributed by atoms with Crippen molar-refractivity contribution >= 4 is 18.0 Å². The lowest BCUT2D eigenvalue weighted by Gasteiger charge is -2.29. The predicted octanol–water partition coefficient (Wildman–Crippen LogP) is 3.52. The first-order chi connectivity index (χ1) is 17.5. The first kappa shape index (κ1) is 25.1. The summed E-state index contributed by atoms with van der Waals surface area (Å²) in [5, 5.41) is 24.3. The Morgan fingerprint density at radius 3 is 2.06 bits per heavy atom. The van der Waals surface area contributed by atoms with Crippen LogP contribution in [0.2, 0.25) is 0 Å². The van der Waals surface area contributed by atoms with Crippen LogP contribution in [0, 0.1) is 0 Å². The van der Waals surface area contributed by atoms with E-state index >= 15 is 0 Å². The lowest BCUT2D eigenvalue weighted by molar-refractivity contribution is -0.134. The monoisotopic (exact) mass is 490 g/mol. The molecule has 9 nitrogen and oxygen atoms in total. The Bertz CT molecular complexity index is 1150. The van der Waals surface area contributed by atoms with Crippen LogP contribution in [-0.2, 0) is 22.4 Å². The average Bonchev–Trinajstić information content (AvgIpc) is 3.19. The number of piperidine rings is 1. The Labute approximate surface area is 209 Å². The van der Waals surface area contributed by atoms with E-state index in [9.17, 15) is 9.59 Å². The number of carbonyl (C=O) groups is 2. The predicted molar refractivity (Wildman–Crippen MR) is 135 cm³/mol. The van der Waals surface area contributed by atoms with Gasteiger partial charge in [-0.25, -0.2) is 9.59 Å². The fourth-order valence-corrected chi connectivity index (χ4v) is 4.48. The average molecular weight is 491 g/mol. The van der Waals surface area contributed by atoms with Crippen LogP contribution >= 0.6 is 0 Å². The van der Waals surface area contributed by atoms with Gasteiger partial charge in [0.05, 0.1) is 0 Å². The second-order valence-corrected chi connectivity index (χ2v) is 8.85. The van der Waals surface area contributed by atoms with Crippen molar-refractivity contribution in [2.24, 2.45) is 0 Å². The van der Waals surface area contributed by atoms with E-state index in [1.807, 2.05) is 0 Å². The van der Waals surface area contributed by atoms with Crippen LogP contribution in [0.4, 0.5) is 6.01 Å². The summed E-state index contributed by atoms with van der Waals surface area (Å²) in [4.78, 5) is 24.0. The minimum Gasteiger partial charge on any atom is -0.478 e. The van der Waals surface area contributed by atoms with Crippen molar-refractivity contribution < 1.29 is 24.2 Å². The van der Waals surface area contributed by atoms with E-state index in [2.05, 4.69) is 74.6 Å². The Morgan fingerprint density at radius 2 is 1.44 bits per heavy atom. The third-order valence-corrected chi connectivity index (χ3v) is 6.43. The Morgan fingerprint density at radius 1 is 0.833 bits per heavy atom. The molecule has 2 N–H and O–H groups in total. The van der Waals surface area contributed by atoms with Crippen molar-refractivity contribution in [2.45, 2.75) is 31.7 Å². The molecule has 0 spiro atoms. The topological polar surface area (TPSA) is 120 Å². The molecule has 2 bridgehead atoms. The van der Waals surface area contributed by atoms with Gasteiger partial charge in [-0.3, -0.25) is 0 Å². The molecule has 9 heteroatoms. The smallest absolute Gasteiger partial charge is 0.328 e. The molecule has 4 heterocycles. The van der Waals surface area contributed by atoms with E-state index in [1.54, 1.807) is 0 Å². The highest BCUT2D eigenvalue weighted by molar-refractivity contribution is 5.89.